The molecule has 1 aliphatic heterocycles. The minimum atomic E-state index is -0.0513. The van der Waals surface area contributed by atoms with Gasteiger partial charge in [-0.3, -0.25) is 4.79 Å². The number of halogens is 1. The highest BCUT2D eigenvalue weighted by Gasteiger charge is 2.27. The molecule has 1 aliphatic rings. The van der Waals surface area contributed by atoms with E-state index in [4.69, 9.17) is 22.4 Å². The van der Waals surface area contributed by atoms with Crippen LogP contribution in [0.4, 0.5) is 5.69 Å². The number of anilines is 1. The Morgan fingerprint density at radius 2 is 2.33 bits per heavy atom. The van der Waals surface area contributed by atoms with E-state index in [0.29, 0.717) is 28.7 Å². The summed E-state index contributed by atoms with van der Waals surface area (Å²) in [6.45, 7) is 1.60. The fourth-order valence-corrected chi connectivity index (χ4v) is 2.51. The summed E-state index contributed by atoms with van der Waals surface area (Å²) in [5.41, 5.74) is 6.73. The van der Waals surface area contributed by atoms with Gasteiger partial charge in [-0.1, -0.05) is 11.6 Å². The zero-order valence-corrected chi connectivity index (χ0v) is 10.9. The number of nitrogens with zero attached hydrogens (tertiary/aromatic N) is 1. The van der Waals surface area contributed by atoms with Crippen molar-refractivity contribution < 1.29 is 9.90 Å². The molecule has 3 N–H and O–H groups in total. The third-order valence-electron chi connectivity index (χ3n) is 3.35. The number of rotatable bonds is 3. The molecule has 1 amide bonds. The first-order valence-corrected chi connectivity index (χ1v) is 6.44. The quantitative estimate of drug-likeness (QED) is 0.821. The van der Waals surface area contributed by atoms with Crippen molar-refractivity contribution in [2.24, 2.45) is 5.92 Å². The van der Waals surface area contributed by atoms with Gasteiger partial charge in [0.25, 0.3) is 5.91 Å². The molecule has 1 saturated heterocycles. The Morgan fingerprint density at radius 3 is 3.00 bits per heavy atom. The third kappa shape index (κ3) is 2.76. The van der Waals surface area contributed by atoms with Crippen molar-refractivity contribution in [3.63, 3.8) is 0 Å². The molecule has 0 radical (unpaired) electrons. The molecule has 5 heteroatoms. The standard InChI is InChI=1S/C13H17ClN2O2/c14-10-1-2-11(12(15)7-10)13(18)16-5-3-9(8-16)4-6-17/h1-2,7,9,17H,3-6,8,15H2. The van der Waals surface area contributed by atoms with Gasteiger partial charge in [-0.2, -0.15) is 0 Å². The Kier molecular flexibility index (Phi) is 4.09. The zero-order valence-electron chi connectivity index (χ0n) is 10.1. The summed E-state index contributed by atoms with van der Waals surface area (Å²) in [6.07, 6.45) is 1.69. The van der Waals surface area contributed by atoms with Crippen molar-refractivity contribution in [1.29, 1.82) is 0 Å². The predicted octanol–water partition coefficient (Wildman–Crippen LogP) is 1.77. The molecule has 4 nitrogen and oxygen atoms in total. The van der Waals surface area contributed by atoms with E-state index < -0.39 is 0 Å². The molecule has 0 saturated carbocycles. The number of carbonyl (C=O) groups excluding carboxylic acids is 1. The minimum absolute atomic E-state index is 0.0513. The number of aliphatic hydroxyl groups is 1. The van der Waals surface area contributed by atoms with Gasteiger partial charge in [0, 0.05) is 30.4 Å². The van der Waals surface area contributed by atoms with Gasteiger partial charge in [-0.25, -0.2) is 0 Å². The lowest BCUT2D eigenvalue weighted by molar-refractivity contribution is 0.0786. The maximum Gasteiger partial charge on any atom is 0.255 e. The lowest BCUT2D eigenvalue weighted by atomic mass is 10.1. The first kappa shape index (κ1) is 13.2. The molecule has 1 aromatic rings. The van der Waals surface area contributed by atoms with Crippen molar-refractivity contribution in [2.45, 2.75) is 12.8 Å². The Morgan fingerprint density at radius 1 is 1.56 bits per heavy atom. The lowest BCUT2D eigenvalue weighted by Gasteiger charge is -2.17. The number of hydrogen-bond acceptors (Lipinski definition) is 3. The summed E-state index contributed by atoms with van der Waals surface area (Å²) >= 11 is 5.81. The van der Waals surface area contributed by atoms with Crippen LogP contribution in [0.25, 0.3) is 0 Å². The molecule has 0 aliphatic carbocycles. The van der Waals surface area contributed by atoms with Gasteiger partial charge in [-0.15, -0.1) is 0 Å². The van der Waals surface area contributed by atoms with E-state index in [0.717, 1.165) is 19.4 Å². The molecule has 1 atom stereocenters. The zero-order chi connectivity index (χ0) is 13.1. The average Bonchev–Trinajstić information content (AvgIpc) is 2.77. The molecule has 18 heavy (non-hydrogen) atoms. The van der Waals surface area contributed by atoms with E-state index in [1.807, 2.05) is 0 Å². The van der Waals surface area contributed by atoms with Gasteiger partial charge in [0.2, 0.25) is 0 Å². The largest absolute Gasteiger partial charge is 0.398 e. The molecule has 1 fully saturated rings. The van der Waals surface area contributed by atoms with Crippen LogP contribution in [0, 0.1) is 5.92 Å². The summed E-state index contributed by atoms with van der Waals surface area (Å²) in [5, 5.41) is 9.44. The molecule has 0 spiro atoms. The number of nitrogen functional groups attached to an aromatic ring is 1. The minimum Gasteiger partial charge on any atom is -0.398 e. The Labute approximate surface area is 111 Å². The van der Waals surface area contributed by atoms with Crippen LogP contribution < -0.4 is 5.73 Å². The van der Waals surface area contributed by atoms with Gasteiger partial charge in [0.05, 0.1) is 5.56 Å². The first-order chi connectivity index (χ1) is 8.61. The number of benzene rings is 1. The molecule has 2 rings (SSSR count). The maximum atomic E-state index is 12.3. The van der Waals surface area contributed by atoms with Gasteiger partial charge < -0.3 is 15.7 Å². The second kappa shape index (κ2) is 5.59. The number of nitrogens with two attached hydrogens (primary N) is 1. The summed E-state index contributed by atoms with van der Waals surface area (Å²) in [4.78, 5) is 14.1. The van der Waals surface area contributed by atoms with Gasteiger partial charge in [-0.05, 0) is 37.0 Å². The van der Waals surface area contributed by atoms with Gasteiger partial charge in [0.15, 0.2) is 0 Å². The highest BCUT2D eigenvalue weighted by atomic mass is 35.5. The van der Waals surface area contributed by atoms with Crippen molar-refractivity contribution in [1.82, 2.24) is 4.90 Å². The maximum absolute atomic E-state index is 12.3. The summed E-state index contributed by atoms with van der Waals surface area (Å²) in [7, 11) is 0. The van der Waals surface area contributed by atoms with Crippen molar-refractivity contribution in [3.05, 3.63) is 28.8 Å². The molecule has 1 aromatic carbocycles. The highest BCUT2D eigenvalue weighted by molar-refractivity contribution is 6.31. The SMILES string of the molecule is Nc1cc(Cl)ccc1C(=O)N1CCC(CCO)C1. The van der Waals surface area contributed by atoms with Crippen LogP contribution in [0.5, 0.6) is 0 Å². The van der Waals surface area contributed by atoms with Crippen molar-refractivity contribution in [3.8, 4) is 0 Å². The number of carbonyl (C=O) groups is 1. The average molecular weight is 269 g/mol. The predicted molar refractivity (Wildman–Crippen MR) is 71.6 cm³/mol. The van der Waals surface area contributed by atoms with Crippen LogP contribution in [0.3, 0.4) is 0 Å². The molecule has 0 aromatic heterocycles. The van der Waals surface area contributed by atoms with E-state index in [1.165, 1.54) is 0 Å². The van der Waals surface area contributed by atoms with Crippen LogP contribution in [0.2, 0.25) is 5.02 Å². The molecule has 1 unspecified atom stereocenters. The second-order valence-corrected chi connectivity index (χ2v) is 5.09. The molecule has 98 valence electrons. The van der Waals surface area contributed by atoms with E-state index in [2.05, 4.69) is 0 Å². The molecular weight excluding hydrogens is 252 g/mol. The van der Waals surface area contributed by atoms with E-state index in [9.17, 15) is 4.79 Å². The monoisotopic (exact) mass is 268 g/mol. The van der Waals surface area contributed by atoms with Crippen LogP contribution >= 0.6 is 11.6 Å². The number of likely N-dealkylation sites (tertiary alicyclic amines) is 1. The Hall–Kier alpha value is -1.26. The Bertz CT molecular complexity index is 451. The number of aliphatic hydroxyl groups excluding tert-OH is 1. The summed E-state index contributed by atoms with van der Waals surface area (Å²) < 4.78 is 0. The summed E-state index contributed by atoms with van der Waals surface area (Å²) in [5.74, 6) is 0.345. The normalized spacial score (nSPS) is 19.2. The number of hydrogen-bond donors (Lipinski definition) is 2. The lowest BCUT2D eigenvalue weighted by Crippen LogP contribution is -2.29. The van der Waals surface area contributed by atoms with E-state index in [1.54, 1.807) is 23.1 Å². The van der Waals surface area contributed by atoms with Crippen LogP contribution in [0.1, 0.15) is 23.2 Å². The van der Waals surface area contributed by atoms with E-state index >= 15 is 0 Å². The molecule has 0 bridgehead atoms. The van der Waals surface area contributed by atoms with Gasteiger partial charge >= 0.3 is 0 Å². The van der Waals surface area contributed by atoms with Crippen LogP contribution in [-0.4, -0.2) is 35.6 Å². The smallest absolute Gasteiger partial charge is 0.255 e. The fourth-order valence-electron chi connectivity index (χ4n) is 2.33. The summed E-state index contributed by atoms with van der Waals surface area (Å²) in [6, 6.07) is 4.93. The van der Waals surface area contributed by atoms with Crippen molar-refractivity contribution in [2.75, 3.05) is 25.4 Å². The van der Waals surface area contributed by atoms with Crippen molar-refractivity contribution >= 4 is 23.2 Å². The first-order valence-electron chi connectivity index (χ1n) is 6.07. The molecule has 1 heterocycles. The van der Waals surface area contributed by atoms with E-state index in [-0.39, 0.29) is 12.5 Å². The Balaban J connectivity index is 2.08. The number of amides is 1. The van der Waals surface area contributed by atoms with Crippen LogP contribution in [0.15, 0.2) is 18.2 Å². The topological polar surface area (TPSA) is 66.6 Å². The third-order valence-corrected chi connectivity index (χ3v) is 3.59. The molecular formula is C13H17ClN2O2. The fraction of sp³-hybridized carbons (Fsp3) is 0.462. The highest BCUT2D eigenvalue weighted by Crippen LogP contribution is 2.24. The van der Waals surface area contributed by atoms with Crippen LogP contribution in [-0.2, 0) is 0 Å². The van der Waals surface area contributed by atoms with Gasteiger partial charge in [0.1, 0.15) is 0 Å². The second-order valence-electron chi connectivity index (χ2n) is 4.65.